The molecule has 1 aliphatic carbocycles. The fourth-order valence-electron chi connectivity index (χ4n) is 2.58. The highest BCUT2D eigenvalue weighted by atomic mass is 35.5. The predicted molar refractivity (Wildman–Crippen MR) is 51.9 cm³/mol. The zero-order valence-corrected chi connectivity index (χ0v) is 8.47. The molecule has 2 fully saturated rings. The number of rotatable bonds is 2. The number of alkyl halides is 1. The zero-order chi connectivity index (χ0) is 8.55. The molecule has 0 spiro atoms. The Kier molecular flexibility index (Phi) is 3.95. The topological polar surface area (TPSA) is 23.5 Å². The van der Waals surface area contributed by atoms with Crippen molar-refractivity contribution in [2.24, 2.45) is 11.8 Å². The third kappa shape index (κ3) is 2.14. The van der Waals surface area contributed by atoms with Crippen LogP contribution in [0.25, 0.3) is 0 Å². The van der Waals surface area contributed by atoms with Crippen LogP contribution in [0.1, 0.15) is 12.8 Å². The average molecular weight is 210 g/mol. The van der Waals surface area contributed by atoms with E-state index in [9.17, 15) is 4.39 Å². The van der Waals surface area contributed by atoms with Gasteiger partial charge in [-0.1, -0.05) is 0 Å². The highest BCUT2D eigenvalue weighted by Gasteiger charge is 2.41. The molecule has 78 valence electrons. The summed E-state index contributed by atoms with van der Waals surface area (Å²) in [5.74, 6) is 0.519. The van der Waals surface area contributed by atoms with Gasteiger partial charge in [0.1, 0.15) is 6.17 Å². The van der Waals surface area contributed by atoms with E-state index in [4.69, 9.17) is 5.11 Å². The molecule has 1 saturated carbocycles. The van der Waals surface area contributed by atoms with E-state index in [2.05, 4.69) is 4.90 Å². The Labute approximate surface area is 84.5 Å². The van der Waals surface area contributed by atoms with Gasteiger partial charge in [0.05, 0.1) is 6.61 Å². The minimum atomic E-state index is -0.556. The Morgan fingerprint density at radius 3 is 2.23 bits per heavy atom. The van der Waals surface area contributed by atoms with Crippen molar-refractivity contribution in [3.8, 4) is 0 Å². The number of aliphatic hydroxyl groups excluding tert-OH is 1. The van der Waals surface area contributed by atoms with Gasteiger partial charge in [0.2, 0.25) is 0 Å². The lowest BCUT2D eigenvalue weighted by Gasteiger charge is -2.33. The zero-order valence-electron chi connectivity index (χ0n) is 7.66. The fraction of sp³-hybridized carbons (Fsp3) is 1.00. The molecule has 0 aromatic heterocycles. The number of β-amino-alcohol motifs (C(OH)–C–C–N with tert-alkyl or cyclic N) is 1. The predicted octanol–water partition coefficient (Wildman–Crippen LogP) is 1.08. The first-order chi connectivity index (χ1) is 5.81. The second-order valence-electron chi connectivity index (χ2n) is 4.03. The highest BCUT2D eigenvalue weighted by Crippen LogP contribution is 2.38. The smallest absolute Gasteiger partial charge is 0.108 e. The minimum absolute atomic E-state index is 0. The third-order valence-electron chi connectivity index (χ3n) is 3.21. The van der Waals surface area contributed by atoms with Crippen molar-refractivity contribution < 1.29 is 9.50 Å². The Balaban J connectivity index is 0.000000845. The maximum Gasteiger partial charge on any atom is 0.108 e. The van der Waals surface area contributed by atoms with Crippen LogP contribution in [0.15, 0.2) is 0 Å². The summed E-state index contributed by atoms with van der Waals surface area (Å²) in [7, 11) is 0. The van der Waals surface area contributed by atoms with Gasteiger partial charge in [0.25, 0.3) is 0 Å². The summed E-state index contributed by atoms with van der Waals surface area (Å²) in [6, 6.07) is 0. The molecule has 2 bridgehead atoms. The molecule has 1 heterocycles. The standard InChI is InChI=1S/C9H16FNO.ClH/c10-9-7-1-2-8(9)6-11(5-7)3-4-12;/h7-9,12H,1-6H2;1H. The van der Waals surface area contributed by atoms with Gasteiger partial charge in [0.15, 0.2) is 0 Å². The van der Waals surface area contributed by atoms with Crippen molar-refractivity contribution in [2.75, 3.05) is 26.2 Å². The fourth-order valence-corrected chi connectivity index (χ4v) is 2.58. The molecule has 2 aliphatic rings. The average Bonchev–Trinajstić information content (AvgIpc) is 2.33. The summed E-state index contributed by atoms with van der Waals surface area (Å²) >= 11 is 0. The van der Waals surface area contributed by atoms with Gasteiger partial charge >= 0.3 is 0 Å². The lowest BCUT2D eigenvalue weighted by atomic mass is 9.96. The number of halogens is 2. The number of likely N-dealkylation sites (tertiary alicyclic amines) is 1. The van der Waals surface area contributed by atoms with Gasteiger partial charge in [-0.2, -0.15) is 0 Å². The van der Waals surface area contributed by atoms with E-state index < -0.39 is 6.17 Å². The van der Waals surface area contributed by atoms with Crippen LogP contribution >= 0.6 is 12.4 Å². The Hall–Kier alpha value is 0.140. The summed E-state index contributed by atoms with van der Waals surface area (Å²) in [5.41, 5.74) is 0. The van der Waals surface area contributed by atoms with Crippen molar-refractivity contribution in [3.63, 3.8) is 0 Å². The molecule has 0 amide bonds. The largest absolute Gasteiger partial charge is 0.395 e. The van der Waals surface area contributed by atoms with Crippen LogP contribution in [0.2, 0.25) is 0 Å². The van der Waals surface area contributed by atoms with Gasteiger partial charge in [0, 0.05) is 31.5 Å². The molecule has 1 aliphatic heterocycles. The number of hydrogen-bond acceptors (Lipinski definition) is 2. The van der Waals surface area contributed by atoms with E-state index in [0.717, 1.165) is 32.5 Å². The normalized spacial score (nSPS) is 38.8. The van der Waals surface area contributed by atoms with E-state index in [1.165, 1.54) is 0 Å². The Morgan fingerprint density at radius 1 is 1.23 bits per heavy atom. The monoisotopic (exact) mass is 209 g/mol. The molecule has 1 N–H and O–H groups in total. The lowest BCUT2D eigenvalue weighted by molar-refractivity contribution is 0.0662. The van der Waals surface area contributed by atoms with E-state index in [0.29, 0.717) is 0 Å². The maximum absolute atomic E-state index is 13.4. The van der Waals surface area contributed by atoms with E-state index in [1.54, 1.807) is 0 Å². The SMILES string of the molecule is Cl.OCCN1CC2CCC(C1)C2F. The first-order valence-electron chi connectivity index (χ1n) is 4.78. The van der Waals surface area contributed by atoms with Crippen LogP contribution in [-0.2, 0) is 0 Å². The van der Waals surface area contributed by atoms with Crippen molar-refractivity contribution in [3.05, 3.63) is 0 Å². The van der Waals surface area contributed by atoms with Crippen LogP contribution in [0.5, 0.6) is 0 Å². The number of fused-ring (bicyclic) bond motifs is 2. The molecule has 0 radical (unpaired) electrons. The first kappa shape index (κ1) is 11.2. The van der Waals surface area contributed by atoms with Gasteiger partial charge in [-0.25, -0.2) is 4.39 Å². The van der Waals surface area contributed by atoms with Crippen molar-refractivity contribution >= 4 is 12.4 Å². The quantitative estimate of drug-likeness (QED) is 0.736. The molecule has 1 saturated heterocycles. The number of hydrogen-bond donors (Lipinski definition) is 1. The van der Waals surface area contributed by atoms with E-state index in [-0.39, 0.29) is 30.8 Å². The lowest BCUT2D eigenvalue weighted by Crippen LogP contribution is -2.43. The molecular weight excluding hydrogens is 193 g/mol. The van der Waals surface area contributed by atoms with Crippen LogP contribution in [0, 0.1) is 11.8 Å². The van der Waals surface area contributed by atoms with Crippen molar-refractivity contribution in [2.45, 2.75) is 19.0 Å². The van der Waals surface area contributed by atoms with Gasteiger partial charge in [-0.15, -0.1) is 12.4 Å². The van der Waals surface area contributed by atoms with Gasteiger partial charge in [-0.05, 0) is 12.8 Å². The van der Waals surface area contributed by atoms with Crippen LogP contribution < -0.4 is 0 Å². The number of piperidine rings is 1. The molecule has 2 atom stereocenters. The molecule has 13 heavy (non-hydrogen) atoms. The third-order valence-corrected chi connectivity index (χ3v) is 3.21. The second kappa shape index (κ2) is 4.58. The van der Waals surface area contributed by atoms with Gasteiger partial charge < -0.3 is 10.0 Å². The summed E-state index contributed by atoms with van der Waals surface area (Å²) in [6.07, 6.45) is 1.54. The van der Waals surface area contributed by atoms with Crippen LogP contribution in [0.4, 0.5) is 4.39 Å². The van der Waals surface area contributed by atoms with Gasteiger partial charge in [-0.3, -0.25) is 0 Å². The van der Waals surface area contributed by atoms with E-state index in [1.807, 2.05) is 0 Å². The number of aliphatic hydroxyl groups is 1. The summed E-state index contributed by atoms with van der Waals surface area (Å²) in [5, 5.41) is 8.74. The summed E-state index contributed by atoms with van der Waals surface area (Å²) < 4.78 is 13.4. The highest BCUT2D eigenvalue weighted by molar-refractivity contribution is 5.85. The molecule has 4 heteroatoms. The second-order valence-corrected chi connectivity index (χ2v) is 4.03. The van der Waals surface area contributed by atoms with Crippen LogP contribution in [-0.4, -0.2) is 42.4 Å². The van der Waals surface area contributed by atoms with Crippen LogP contribution in [0.3, 0.4) is 0 Å². The Bertz CT molecular complexity index is 156. The maximum atomic E-state index is 13.4. The minimum Gasteiger partial charge on any atom is -0.395 e. The molecule has 2 nitrogen and oxygen atoms in total. The van der Waals surface area contributed by atoms with E-state index >= 15 is 0 Å². The molecule has 0 aromatic carbocycles. The van der Waals surface area contributed by atoms with Crippen molar-refractivity contribution in [1.82, 2.24) is 4.90 Å². The first-order valence-corrected chi connectivity index (χ1v) is 4.78. The molecule has 2 unspecified atom stereocenters. The number of nitrogens with zero attached hydrogens (tertiary/aromatic N) is 1. The molecule has 2 rings (SSSR count). The molecule has 0 aromatic rings. The van der Waals surface area contributed by atoms with Crippen molar-refractivity contribution in [1.29, 1.82) is 0 Å². The molecular formula is C9H17ClFNO. The summed E-state index contributed by atoms with van der Waals surface area (Å²) in [4.78, 5) is 2.19. The summed E-state index contributed by atoms with van der Waals surface area (Å²) in [6.45, 7) is 2.65. The Morgan fingerprint density at radius 2 is 1.77 bits per heavy atom.